The van der Waals surface area contributed by atoms with Crippen LogP contribution < -0.4 is 5.32 Å². The molecule has 13 nitrogen and oxygen atoms in total. The standard InChI is InChI=1S/C38H52N6O7S2/c1-4-27(2)36(44-19-18-42(38(44)47)23-31-26-52-35(40-31)25-51-3)37(46)41-33(20-28-10-6-5-7-11-28)34(45)24-43(22-30-12-8-9-13-30)53(49,50)32-16-14-29(15-17-32)21-39-48/h5-7,10-11,14-17,21,26-27,30,33-34,36,45,48H,4,8-9,12-13,18-20,22-25H2,1-3H3,(H,41,46)/b39-21+/t27?,33-,34+,36?/m0/s1. The molecule has 2 heterocycles. The number of rotatable bonds is 19. The largest absolute Gasteiger partial charge is 0.411 e. The number of carbonyl (C=O) groups excluding carboxylic acids is 2. The minimum Gasteiger partial charge on any atom is -0.411 e. The van der Waals surface area contributed by atoms with Crippen molar-refractivity contribution >= 4 is 39.5 Å². The number of sulfonamides is 1. The molecule has 1 aromatic heterocycles. The first kappa shape index (κ1) is 40.3. The second kappa shape index (κ2) is 18.9. The Labute approximate surface area is 316 Å². The smallest absolute Gasteiger partial charge is 0.321 e. The number of amides is 3. The predicted octanol–water partition coefficient (Wildman–Crippen LogP) is 4.72. The second-order valence-electron chi connectivity index (χ2n) is 14.1. The van der Waals surface area contributed by atoms with Crippen LogP contribution in [0.3, 0.4) is 0 Å². The van der Waals surface area contributed by atoms with Crippen molar-refractivity contribution in [2.24, 2.45) is 17.0 Å². The molecule has 5 rings (SSSR count). The van der Waals surface area contributed by atoms with Crippen molar-refractivity contribution in [3.05, 3.63) is 81.8 Å². The molecule has 53 heavy (non-hydrogen) atoms. The first-order valence-electron chi connectivity index (χ1n) is 18.3. The van der Waals surface area contributed by atoms with Crippen LogP contribution in [0.25, 0.3) is 0 Å². The first-order valence-corrected chi connectivity index (χ1v) is 20.6. The summed E-state index contributed by atoms with van der Waals surface area (Å²) >= 11 is 1.47. The van der Waals surface area contributed by atoms with Gasteiger partial charge in [0.15, 0.2) is 0 Å². The molecule has 2 fully saturated rings. The van der Waals surface area contributed by atoms with Gasteiger partial charge in [-0.3, -0.25) is 4.79 Å². The number of hydrogen-bond donors (Lipinski definition) is 3. The maximum atomic E-state index is 14.4. The fourth-order valence-corrected chi connectivity index (χ4v) is 9.48. The van der Waals surface area contributed by atoms with E-state index in [0.717, 1.165) is 41.9 Å². The molecule has 4 atom stereocenters. The summed E-state index contributed by atoms with van der Waals surface area (Å²) in [6.45, 7) is 5.43. The Morgan fingerprint density at radius 3 is 2.53 bits per heavy atom. The van der Waals surface area contributed by atoms with E-state index >= 15 is 0 Å². The van der Waals surface area contributed by atoms with E-state index in [1.54, 1.807) is 29.0 Å². The SMILES string of the molecule is CCC(C)C(C(=O)N[C@@H](Cc1ccccc1)[C@H](O)CN(CC1CCCC1)S(=O)(=O)c1ccc(/C=N/O)cc1)N1CCN(Cc2csc(COC)n2)C1=O. The molecule has 0 bridgehead atoms. The first-order chi connectivity index (χ1) is 25.5. The Morgan fingerprint density at radius 2 is 1.87 bits per heavy atom. The molecule has 288 valence electrons. The summed E-state index contributed by atoms with van der Waals surface area (Å²) in [6.07, 6.45) is 4.66. The number of urea groups is 1. The number of methoxy groups -OCH3 is 1. The van der Waals surface area contributed by atoms with Gasteiger partial charge in [0.2, 0.25) is 15.9 Å². The molecule has 3 N–H and O–H groups in total. The summed E-state index contributed by atoms with van der Waals surface area (Å²) in [7, 11) is -2.45. The number of aliphatic hydroxyl groups is 1. The molecule has 1 aliphatic carbocycles. The molecule has 0 spiro atoms. The molecule has 2 aromatic carbocycles. The lowest BCUT2D eigenvalue weighted by Crippen LogP contribution is -2.57. The van der Waals surface area contributed by atoms with Gasteiger partial charge < -0.3 is 30.2 Å². The average Bonchev–Trinajstić information content (AvgIpc) is 3.92. The van der Waals surface area contributed by atoms with E-state index in [1.165, 1.54) is 34.0 Å². The molecule has 3 aromatic rings. The van der Waals surface area contributed by atoms with Crippen molar-refractivity contribution in [3.63, 3.8) is 0 Å². The molecule has 2 unspecified atom stereocenters. The van der Waals surface area contributed by atoms with Crippen molar-refractivity contribution in [1.82, 2.24) is 24.4 Å². The van der Waals surface area contributed by atoms with Gasteiger partial charge >= 0.3 is 6.03 Å². The van der Waals surface area contributed by atoms with E-state index in [4.69, 9.17) is 9.94 Å². The third-order valence-electron chi connectivity index (χ3n) is 10.3. The number of carbonyl (C=O) groups is 2. The summed E-state index contributed by atoms with van der Waals surface area (Å²) < 4.78 is 34.8. The fraction of sp³-hybridized carbons (Fsp3) is 0.526. The number of nitrogens with one attached hydrogen (secondary N) is 1. The monoisotopic (exact) mass is 768 g/mol. The molecular formula is C38H52N6O7S2. The van der Waals surface area contributed by atoms with Crippen LogP contribution in [0.5, 0.6) is 0 Å². The Bertz CT molecular complexity index is 1770. The van der Waals surface area contributed by atoms with Crippen LogP contribution in [0.2, 0.25) is 0 Å². The van der Waals surface area contributed by atoms with Gasteiger partial charge in [0.1, 0.15) is 11.0 Å². The number of ether oxygens (including phenoxy) is 1. The zero-order valence-corrected chi connectivity index (χ0v) is 32.3. The van der Waals surface area contributed by atoms with E-state index < -0.39 is 34.1 Å². The minimum absolute atomic E-state index is 0.0583. The van der Waals surface area contributed by atoms with Crippen LogP contribution >= 0.6 is 11.3 Å². The lowest BCUT2D eigenvalue weighted by Gasteiger charge is -2.35. The molecule has 0 radical (unpaired) electrons. The molecule has 1 aliphatic heterocycles. The Kier molecular flexibility index (Phi) is 14.4. The van der Waals surface area contributed by atoms with Crippen LogP contribution in [0.1, 0.15) is 67.8 Å². The van der Waals surface area contributed by atoms with E-state index in [9.17, 15) is 23.1 Å². The molecule has 3 amide bonds. The van der Waals surface area contributed by atoms with E-state index in [0.29, 0.717) is 38.2 Å². The minimum atomic E-state index is -4.05. The quantitative estimate of drug-likeness (QED) is 0.0896. The van der Waals surface area contributed by atoms with Crippen LogP contribution in [0, 0.1) is 11.8 Å². The highest BCUT2D eigenvalue weighted by Crippen LogP contribution is 2.29. The van der Waals surface area contributed by atoms with Gasteiger partial charge in [-0.25, -0.2) is 18.2 Å². The van der Waals surface area contributed by atoms with Gasteiger partial charge in [-0.2, -0.15) is 4.31 Å². The highest BCUT2D eigenvalue weighted by molar-refractivity contribution is 7.89. The third kappa shape index (κ3) is 10.4. The summed E-state index contributed by atoms with van der Waals surface area (Å²) in [5.74, 6) is -0.439. The summed E-state index contributed by atoms with van der Waals surface area (Å²) in [5, 5.41) is 29.7. The summed E-state index contributed by atoms with van der Waals surface area (Å²) in [4.78, 5) is 36.1. The topological polar surface area (TPSA) is 165 Å². The lowest BCUT2D eigenvalue weighted by atomic mass is 9.95. The average molecular weight is 769 g/mol. The normalized spacial score (nSPS) is 17.9. The van der Waals surface area contributed by atoms with Gasteiger partial charge in [-0.1, -0.05) is 80.7 Å². The highest BCUT2D eigenvalue weighted by Gasteiger charge is 2.41. The Morgan fingerprint density at radius 1 is 1.15 bits per heavy atom. The van der Waals surface area contributed by atoms with Crippen molar-refractivity contribution in [1.29, 1.82) is 0 Å². The Balaban J connectivity index is 1.38. The van der Waals surface area contributed by atoms with Crippen molar-refractivity contribution in [2.45, 2.75) is 88.6 Å². The van der Waals surface area contributed by atoms with E-state index in [2.05, 4.69) is 15.5 Å². The number of nitrogens with zero attached hydrogens (tertiary/aromatic N) is 5. The summed E-state index contributed by atoms with van der Waals surface area (Å²) in [6, 6.07) is 13.6. The maximum Gasteiger partial charge on any atom is 0.321 e. The zero-order chi connectivity index (χ0) is 38.0. The molecule has 2 aliphatic rings. The summed E-state index contributed by atoms with van der Waals surface area (Å²) in [5.41, 5.74) is 2.16. The Hall–Kier alpha value is -3.89. The third-order valence-corrected chi connectivity index (χ3v) is 13.0. The van der Waals surface area contributed by atoms with Gasteiger partial charge in [-0.05, 0) is 54.4 Å². The molecule has 15 heteroatoms. The number of benzene rings is 2. The maximum absolute atomic E-state index is 14.4. The van der Waals surface area contributed by atoms with Crippen molar-refractivity contribution < 1.29 is 33.1 Å². The van der Waals surface area contributed by atoms with Gasteiger partial charge in [0.25, 0.3) is 0 Å². The van der Waals surface area contributed by atoms with Crippen molar-refractivity contribution in [3.8, 4) is 0 Å². The number of oxime groups is 1. The lowest BCUT2D eigenvalue weighted by molar-refractivity contribution is -0.128. The van der Waals surface area contributed by atoms with Crippen molar-refractivity contribution in [2.75, 3.05) is 33.3 Å². The van der Waals surface area contributed by atoms with Gasteiger partial charge in [-0.15, -0.1) is 11.3 Å². The number of aliphatic hydroxyl groups excluding tert-OH is 1. The number of aromatic nitrogens is 1. The predicted molar refractivity (Wildman–Crippen MR) is 203 cm³/mol. The molecule has 1 saturated heterocycles. The van der Waals surface area contributed by atoms with Crippen LogP contribution in [0.15, 0.2) is 70.0 Å². The molecule has 1 saturated carbocycles. The van der Waals surface area contributed by atoms with E-state index in [1.807, 2.05) is 49.6 Å². The van der Waals surface area contributed by atoms with E-state index in [-0.39, 0.29) is 42.3 Å². The van der Waals surface area contributed by atoms with Gasteiger partial charge in [0.05, 0.1) is 42.1 Å². The van der Waals surface area contributed by atoms with Gasteiger partial charge in [0, 0.05) is 38.7 Å². The van der Waals surface area contributed by atoms with Crippen LogP contribution in [0.4, 0.5) is 4.79 Å². The zero-order valence-electron chi connectivity index (χ0n) is 30.7. The molecular weight excluding hydrogens is 717 g/mol. The fourth-order valence-electron chi connectivity index (χ4n) is 7.19. The van der Waals surface area contributed by atoms with Crippen LogP contribution in [-0.4, -0.2) is 107 Å². The number of thiazole rings is 1. The highest BCUT2D eigenvalue weighted by atomic mass is 32.2. The second-order valence-corrected chi connectivity index (χ2v) is 16.9. The number of hydrogen-bond acceptors (Lipinski definition) is 10. The van der Waals surface area contributed by atoms with Crippen LogP contribution in [-0.2, 0) is 39.1 Å².